The maximum absolute atomic E-state index is 11.7. The molecule has 0 saturated carbocycles. The number of hydrogen-bond donors (Lipinski definition) is 3. The lowest BCUT2D eigenvalue weighted by Crippen LogP contribution is -2.44. The second-order valence-electron chi connectivity index (χ2n) is 6.66. The molecule has 0 radical (unpaired) electrons. The summed E-state index contributed by atoms with van der Waals surface area (Å²) < 4.78 is 5.33. The minimum absolute atomic E-state index is 0.231. The van der Waals surface area contributed by atoms with Gasteiger partial charge in [-0.25, -0.2) is 0 Å². The molecule has 1 atom stereocenters. The minimum atomic E-state index is -1.34. The zero-order valence-corrected chi connectivity index (χ0v) is 14.0. The summed E-state index contributed by atoms with van der Waals surface area (Å²) in [5.74, 6) is 1.02. The Kier molecular flexibility index (Phi) is 5.49. The van der Waals surface area contributed by atoms with Crippen LogP contribution in [0.4, 0.5) is 0 Å². The van der Waals surface area contributed by atoms with Crippen molar-refractivity contribution in [1.82, 2.24) is 10.2 Å². The van der Waals surface area contributed by atoms with E-state index in [4.69, 9.17) is 4.74 Å². The third kappa shape index (κ3) is 4.84. The predicted octanol–water partition coefficient (Wildman–Crippen LogP) is 1.11. The molecule has 0 bridgehead atoms. The Morgan fingerprint density at radius 1 is 1.48 bits per heavy atom. The van der Waals surface area contributed by atoms with Crippen LogP contribution in [0, 0.1) is 5.92 Å². The van der Waals surface area contributed by atoms with E-state index in [0.29, 0.717) is 19.0 Å². The van der Waals surface area contributed by atoms with Crippen LogP contribution in [-0.4, -0.2) is 53.4 Å². The highest BCUT2D eigenvalue weighted by Crippen LogP contribution is 2.27. The zero-order valence-electron chi connectivity index (χ0n) is 14.0. The lowest BCUT2D eigenvalue weighted by Gasteiger charge is -2.20. The van der Waals surface area contributed by atoms with E-state index in [1.54, 1.807) is 25.3 Å². The van der Waals surface area contributed by atoms with Gasteiger partial charge >= 0.3 is 0 Å². The van der Waals surface area contributed by atoms with E-state index < -0.39 is 5.60 Å². The lowest BCUT2D eigenvalue weighted by molar-refractivity contribution is -0.136. The molecule has 1 amide bonds. The molecule has 1 aliphatic heterocycles. The number of carbonyl (C=O) groups excluding carboxylic acids is 1. The van der Waals surface area contributed by atoms with Crippen LogP contribution in [0.25, 0.3) is 0 Å². The molecule has 2 rings (SSSR count). The van der Waals surface area contributed by atoms with Crippen LogP contribution >= 0.6 is 0 Å². The van der Waals surface area contributed by atoms with Gasteiger partial charge in [-0.2, -0.15) is 0 Å². The molecule has 0 aromatic heterocycles. The van der Waals surface area contributed by atoms with Crippen molar-refractivity contribution in [3.05, 3.63) is 23.8 Å². The second-order valence-corrected chi connectivity index (χ2v) is 6.66. The van der Waals surface area contributed by atoms with Crippen molar-refractivity contribution in [3.63, 3.8) is 0 Å². The summed E-state index contributed by atoms with van der Waals surface area (Å²) in [5.41, 5.74) is -0.388. The Bertz CT molecular complexity index is 554. The SMILES string of the molecule is COc1ccc(O)cc1CN1CC[C@@H](CNC(=O)C(C)(C)O)C1. The highest BCUT2D eigenvalue weighted by atomic mass is 16.5. The summed E-state index contributed by atoms with van der Waals surface area (Å²) in [4.78, 5) is 14.0. The van der Waals surface area contributed by atoms with Gasteiger partial charge in [-0.3, -0.25) is 9.69 Å². The first-order valence-electron chi connectivity index (χ1n) is 7.88. The molecule has 0 aliphatic carbocycles. The van der Waals surface area contributed by atoms with E-state index in [9.17, 15) is 15.0 Å². The standard InChI is InChI=1S/C17H26N2O4/c1-17(2,22)16(21)18-9-12-6-7-19(10-12)11-13-8-14(20)4-5-15(13)23-3/h4-5,8,12,20,22H,6-7,9-11H2,1-3H3,(H,18,21)/t12-/m0/s1. The number of nitrogens with zero attached hydrogens (tertiary/aromatic N) is 1. The summed E-state index contributed by atoms with van der Waals surface area (Å²) >= 11 is 0. The van der Waals surface area contributed by atoms with Gasteiger partial charge in [0.25, 0.3) is 5.91 Å². The molecule has 1 aliphatic rings. The first kappa shape index (κ1) is 17.6. The molecular weight excluding hydrogens is 296 g/mol. The minimum Gasteiger partial charge on any atom is -0.508 e. The Morgan fingerprint density at radius 3 is 2.87 bits per heavy atom. The average molecular weight is 322 g/mol. The number of phenolic OH excluding ortho intramolecular Hbond substituents is 1. The van der Waals surface area contributed by atoms with Gasteiger partial charge in [-0.15, -0.1) is 0 Å². The number of aromatic hydroxyl groups is 1. The van der Waals surface area contributed by atoms with Gasteiger partial charge in [-0.1, -0.05) is 0 Å². The largest absolute Gasteiger partial charge is 0.508 e. The van der Waals surface area contributed by atoms with Gasteiger partial charge < -0.3 is 20.3 Å². The number of nitrogens with one attached hydrogen (secondary N) is 1. The Balaban J connectivity index is 1.86. The molecule has 6 heteroatoms. The van der Waals surface area contributed by atoms with Crippen molar-refractivity contribution in [2.75, 3.05) is 26.7 Å². The normalized spacial score (nSPS) is 18.9. The number of rotatable bonds is 6. The summed E-state index contributed by atoms with van der Waals surface area (Å²) in [6, 6.07) is 5.10. The molecule has 1 fully saturated rings. The predicted molar refractivity (Wildman–Crippen MR) is 87.4 cm³/mol. The molecule has 1 heterocycles. The maximum Gasteiger partial charge on any atom is 0.251 e. The fourth-order valence-electron chi connectivity index (χ4n) is 2.81. The molecule has 1 saturated heterocycles. The van der Waals surface area contributed by atoms with Crippen molar-refractivity contribution in [2.24, 2.45) is 5.92 Å². The van der Waals surface area contributed by atoms with E-state index in [-0.39, 0.29) is 11.7 Å². The lowest BCUT2D eigenvalue weighted by atomic mass is 10.1. The first-order valence-corrected chi connectivity index (χ1v) is 7.88. The van der Waals surface area contributed by atoms with Gasteiger partial charge in [0.15, 0.2) is 0 Å². The summed E-state index contributed by atoms with van der Waals surface area (Å²) in [7, 11) is 1.62. The molecule has 0 unspecified atom stereocenters. The highest BCUT2D eigenvalue weighted by Gasteiger charge is 2.27. The summed E-state index contributed by atoms with van der Waals surface area (Å²) in [5, 5.41) is 22.1. The first-order chi connectivity index (χ1) is 10.8. The number of aliphatic hydroxyl groups is 1. The van der Waals surface area contributed by atoms with Crippen molar-refractivity contribution in [2.45, 2.75) is 32.4 Å². The second kappa shape index (κ2) is 7.19. The number of benzene rings is 1. The summed E-state index contributed by atoms with van der Waals surface area (Å²) in [6.07, 6.45) is 0.993. The highest BCUT2D eigenvalue weighted by molar-refractivity contribution is 5.83. The maximum atomic E-state index is 11.7. The Labute approximate surface area is 137 Å². The van der Waals surface area contributed by atoms with Crippen LogP contribution in [0.2, 0.25) is 0 Å². The Hall–Kier alpha value is -1.79. The number of hydrogen-bond acceptors (Lipinski definition) is 5. The topological polar surface area (TPSA) is 82.0 Å². The zero-order chi connectivity index (χ0) is 17.0. The van der Waals surface area contributed by atoms with E-state index in [0.717, 1.165) is 30.8 Å². The van der Waals surface area contributed by atoms with Gasteiger partial charge in [0.1, 0.15) is 17.1 Å². The number of carbonyl (C=O) groups is 1. The molecule has 23 heavy (non-hydrogen) atoms. The number of ether oxygens (including phenoxy) is 1. The third-order valence-corrected chi connectivity index (χ3v) is 4.13. The van der Waals surface area contributed by atoms with Gasteiger partial charge in [0.05, 0.1) is 7.11 Å². The molecular formula is C17H26N2O4. The number of likely N-dealkylation sites (tertiary alicyclic amines) is 1. The van der Waals surface area contributed by atoms with E-state index >= 15 is 0 Å². The molecule has 6 nitrogen and oxygen atoms in total. The number of phenols is 1. The van der Waals surface area contributed by atoms with Crippen LogP contribution in [0.15, 0.2) is 18.2 Å². The van der Waals surface area contributed by atoms with Crippen molar-refractivity contribution < 1.29 is 19.7 Å². The molecule has 128 valence electrons. The van der Waals surface area contributed by atoms with Crippen LogP contribution in [0.1, 0.15) is 25.8 Å². The quantitative estimate of drug-likeness (QED) is 0.731. The van der Waals surface area contributed by atoms with Crippen molar-refractivity contribution >= 4 is 5.91 Å². The molecule has 0 spiro atoms. The monoisotopic (exact) mass is 322 g/mol. The van der Waals surface area contributed by atoms with Gasteiger partial charge in [-0.05, 0) is 50.9 Å². The third-order valence-electron chi connectivity index (χ3n) is 4.13. The van der Waals surface area contributed by atoms with Crippen molar-refractivity contribution in [3.8, 4) is 11.5 Å². The average Bonchev–Trinajstić information content (AvgIpc) is 2.91. The summed E-state index contributed by atoms with van der Waals surface area (Å²) in [6.45, 7) is 6.03. The molecule has 1 aromatic carbocycles. The van der Waals surface area contributed by atoms with Crippen LogP contribution in [0.5, 0.6) is 11.5 Å². The number of amides is 1. The Morgan fingerprint density at radius 2 is 2.22 bits per heavy atom. The van der Waals surface area contributed by atoms with E-state index in [1.807, 2.05) is 0 Å². The van der Waals surface area contributed by atoms with Crippen LogP contribution < -0.4 is 10.1 Å². The van der Waals surface area contributed by atoms with Crippen LogP contribution in [-0.2, 0) is 11.3 Å². The van der Waals surface area contributed by atoms with E-state index in [2.05, 4.69) is 10.2 Å². The molecule has 1 aromatic rings. The van der Waals surface area contributed by atoms with Gasteiger partial charge in [0.2, 0.25) is 0 Å². The van der Waals surface area contributed by atoms with Crippen molar-refractivity contribution in [1.29, 1.82) is 0 Å². The van der Waals surface area contributed by atoms with Gasteiger partial charge in [0, 0.05) is 25.2 Å². The van der Waals surface area contributed by atoms with Crippen LogP contribution in [0.3, 0.4) is 0 Å². The fourth-order valence-corrected chi connectivity index (χ4v) is 2.81. The fraction of sp³-hybridized carbons (Fsp3) is 0.588. The molecule has 3 N–H and O–H groups in total. The van der Waals surface area contributed by atoms with E-state index in [1.165, 1.54) is 13.8 Å². The smallest absolute Gasteiger partial charge is 0.251 e. The number of methoxy groups -OCH3 is 1.